The molecule has 0 saturated heterocycles. The third kappa shape index (κ3) is 8.18. The normalized spacial score (nSPS) is 11.5. The molecule has 0 heterocycles. The number of nitrogens with zero attached hydrogens (tertiary/aromatic N) is 1. The zero-order chi connectivity index (χ0) is 25.7. The molecule has 37 heavy (non-hydrogen) atoms. The van der Waals surface area contributed by atoms with Crippen LogP contribution in [0, 0.1) is 0 Å². The van der Waals surface area contributed by atoms with Crippen LogP contribution in [0.1, 0.15) is 28.7 Å². The number of aryl methyl sites for hydroxylation is 1. The van der Waals surface area contributed by atoms with Crippen LogP contribution in [-0.4, -0.2) is 29.3 Å². The minimum absolute atomic E-state index is 0.0214. The second-order valence-electron chi connectivity index (χ2n) is 9.22. The van der Waals surface area contributed by atoms with Crippen LogP contribution in [0.5, 0.6) is 0 Å². The Kier molecular flexibility index (Phi) is 9.65. The van der Waals surface area contributed by atoms with E-state index in [2.05, 4.69) is 17.4 Å². The number of carbonyl (C=O) groups excluding carboxylic acids is 2. The van der Waals surface area contributed by atoms with Crippen LogP contribution in [0.15, 0.2) is 121 Å². The molecule has 4 rings (SSSR count). The van der Waals surface area contributed by atoms with E-state index in [1.807, 2.05) is 109 Å². The summed E-state index contributed by atoms with van der Waals surface area (Å²) in [6.07, 6.45) is 2.19. The molecule has 188 valence electrons. The van der Waals surface area contributed by atoms with Gasteiger partial charge in [-0.3, -0.25) is 9.59 Å². The Morgan fingerprint density at radius 2 is 1.05 bits per heavy atom. The predicted octanol–water partition coefficient (Wildman–Crippen LogP) is 5.62. The Bertz CT molecular complexity index is 1230. The number of benzene rings is 4. The van der Waals surface area contributed by atoms with E-state index in [-0.39, 0.29) is 11.8 Å². The highest BCUT2D eigenvalue weighted by atomic mass is 16.2. The topological polar surface area (TPSA) is 49.4 Å². The highest BCUT2D eigenvalue weighted by molar-refractivity contribution is 5.88. The predicted molar refractivity (Wildman–Crippen MR) is 149 cm³/mol. The molecule has 0 unspecified atom stereocenters. The summed E-state index contributed by atoms with van der Waals surface area (Å²) in [7, 11) is 0. The molecule has 1 N–H and O–H groups in total. The van der Waals surface area contributed by atoms with Gasteiger partial charge in [0.15, 0.2) is 0 Å². The fourth-order valence-electron chi connectivity index (χ4n) is 4.47. The number of rotatable bonds is 12. The van der Waals surface area contributed by atoms with Crippen LogP contribution < -0.4 is 5.32 Å². The molecule has 0 spiro atoms. The highest BCUT2D eigenvalue weighted by Crippen LogP contribution is 2.17. The van der Waals surface area contributed by atoms with Gasteiger partial charge in [0.2, 0.25) is 11.8 Å². The third-order valence-corrected chi connectivity index (χ3v) is 6.49. The summed E-state index contributed by atoms with van der Waals surface area (Å²) in [5.41, 5.74) is 4.32. The van der Waals surface area contributed by atoms with Crippen LogP contribution in [-0.2, 0) is 35.4 Å². The first kappa shape index (κ1) is 25.9. The SMILES string of the molecule is O=C(NCCc1ccccc1)[C@@H](Cc1ccccc1)N(Cc1ccccc1)C(=O)CCc1ccccc1. The van der Waals surface area contributed by atoms with Gasteiger partial charge >= 0.3 is 0 Å². The van der Waals surface area contributed by atoms with Gasteiger partial charge in [-0.1, -0.05) is 121 Å². The molecule has 0 fully saturated rings. The maximum Gasteiger partial charge on any atom is 0.243 e. The lowest BCUT2D eigenvalue weighted by Gasteiger charge is -2.31. The summed E-state index contributed by atoms with van der Waals surface area (Å²) in [5, 5.41) is 3.11. The maximum absolute atomic E-state index is 13.7. The number of carbonyl (C=O) groups is 2. The van der Waals surface area contributed by atoms with Gasteiger partial charge in [0.05, 0.1) is 0 Å². The lowest BCUT2D eigenvalue weighted by atomic mass is 10.0. The van der Waals surface area contributed by atoms with Gasteiger partial charge in [-0.05, 0) is 35.1 Å². The van der Waals surface area contributed by atoms with E-state index >= 15 is 0 Å². The summed E-state index contributed by atoms with van der Waals surface area (Å²) < 4.78 is 0. The molecule has 0 aliphatic carbocycles. The first-order valence-electron chi connectivity index (χ1n) is 12.9. The number of hydrogen-bond donors (Lipinski definition) is 1. The van der Waals surface area contributed by atoms with E-state index in [4.69, 9.17) is 0 Å². The first-order chi connectivity index (χ1) is 18.2. The summed E-state index contributed by atoms with van der Waals surface area (Å²) in [6.45, 7) is 0.906. The van der Waals surface area contributed by atoms with Gasteiger partial charge < -0.3 is 10.2 Å². The van der Waals surface area contributed by atoms with Crippen molar-refractivity contribution < 1.29 is 9.59 Å². The standard InChI is InChI=1S/C33H34N2O2/c36-32(22-21-27-13-5-1-6-14-27)35(26-30-19-11-4-12-20-30)31(25-29-17-9-3-10-18-29)33(37)34-24-23-28-15-7-2-8-16-28/h1-20,31H,21-26H2,(H,34,37)/t31-/m1/s1. The molecular formula is C33H34N2O2. The molecule has 4 heteroatoms. The van der Waals surface area contributed by atoms with Gasteiger partial charge in [0.1, 0.15) is 6.04 Å². The monoisotopic (exact) mass is 490 g/mol. The van der Waals surface area contributed by atoms with Crippen molar-refractivity contribution in [2.45, 2.75) is 38.3 Å². The van der Waals surface area contributed by atoms with E-state index < -0.39 is 6.04 Å². The van der Waals surface area contributed by atoms with E-state index in [1.54, 1.807) is 4.90 Å². The second kappa shape index (κ2) is 13.8. The lowest BCUT2D eigenvalue weighted by Crippen LogP contribution is -2.50. The first-order valence-corrected chi connectivity index (χ1v) is 12.9. The van der Waals surface area contributed by atoms with Crippen LogP contribution in [0.2, 0.25) is 0 Å². The van der Waals surface area contributed by atoms with Gasteiger partial charge in [-0.25, -0.2) is 0 Å². The van der Waals surface area contributed by atoms with Crippen LogP contribution >= 0.6 is 0 Å². The molecule has 0 aromatic heterocycles. The fourth-order valence-corrected chi connectivity index (χ4v) is 4.47. The Morgan fingerprint density at radius 1 is 0.595 bits per heavy atom. The minimum atomic E-state index is -0.610. The quantitative estimate of drug-likeness (QED) is 0.280. The largest absolute Gasteiger partial charge is 0.354 e. The van der Waals surface area contributed by atoms with Crippen LogP contribution in [0.4, 0.5) is 0 Å². The number of nitrogens with one attached hydrogen (secondary N) is 1. The van der Waals surface area contributed by atoms with E-state index in [9.17, 15) is 9.59 Å². The van der Waals surface area contributed by atoms with Crippen molar-refractivity contribution in [3.05, 3.63) is 144 Å². The third-order valence-electron chi connectivity index (χ3n) is 6.49. The molecule has 2 amide bonds. The van der Waals surface area contributed by atoms with Crippen molar-refractivity contribution >= 4 is 11.8 Å². The molecule has 4 aromatic carbocycles. The molecule has 4 aromatic rings. The lowest BCUT2D eigenvalue weighted by molar-refractivity contribution is -0.141. The fraction of sp³-hybridized carbons (Fsp3) is 0.212. The van der Waals surface area contributed by atoms with Gasteiger partial charge in [0, 0.05) is 25.9 Å². The molecule has 0 saturated carbocycles. The highest BCUT2D eigenvalue weighted by Gasteiger charge is 2.30. The Hall–Kier alpha value is -4.18. The average Bonchev–Trinajstić information content (AvgIpc) is 2.96. The maximum atomic E-state index is 13.7. The Labute approximate surface area is 220 Å². The van der Waals surface area contributed by atoms with Crippen LogP contribution in [0.25, 0.3) is 0 Å². The van der Waals surface area contributed by atoms with Gasteiger partial charge in [0.25, 0.3) is 0 Å². The molecule has 1 atom stereocenters. The number of amides is 2. The van der Waals surface area contributed by atoms with E-state index in [1.165, 1.54) is 5.56 Å². The Balaban J connectivity index is 1.55. The van der Waals surface area contributed by atoms with E-state index in [0.717, 1.165) is 23.1 Å². The molecule has 4 nitrogen and oxygen atoms in total. The van der Waals surface area contributed by atoms with Crippen molar-refractivity contribution in [1.82, 2.24) is 10.2 Å². The average molecular weight is 491 g/mol. The molecular weight excluding hydrogens is 456 g/mol. The smallest absolute Gasteiger partial charge is 0.243 e. The van der Waals surface area contributed by atoms with Crippen molar-refractivity contribution in [3.8, 4) is 0 Å². The number of hydrogen-bond acceptors (Lipinski definition) is 2. The van der Waals surface area contributed by atoms with Crippen molar-refractivity contribution in [2.24, 2.45) is 0 Å². The van der Waals surface area contributed by atoms with Gasteiger partial charge in [-0.15, -0.1) is 0 Å². The zero-order valence-electron chi connectivity index (χ0n) is 21.1. The molecule has 0 radical (unpaired) electrons. The van der Waals surface area contributed by atoms with E-state index in [0.29, 0.717) is 32.4 Å². The van der Waals surface area contributed by atoms with Crippen molar-refractivity contribution in [3.63, 3.8) is 0 Å². The van der Waals surface area contributed by atoms with Crippen LogP contribution in [0.3, 0.4) is 0 Å². The molecule has 0 bridgehead atoms. The second-order valence-corrected chi connectivity index (χ2v) is 9.22. The molecule has 0 aliphatic rings. The summed E-state index contributed by atoms with van der Waals surface area (Å²) in [4.78, 5) is 29.1. The molecule has 0 aliphatic heterocycles. The Morgan fingerprint density at radius 3 is 1.59 bits per heavy atom. The summed E-state index contributed by atoms with van der Waals surface area (Å²) >= 11 is 0. The zero-order valence-corrected chi connectivity index (χ0v) is 21.1. The minimum Gasteiger partial charge on any atom is -0.354 e. The summed E-state index contributed by atoms with van der Waals surface area (Å²) in [6, 6.07) is 39.3. The van der Waals surface area contributed by atoms with Crippen molar-refractivity contribution in [1.29, 1.82) is 0 Å². The van der Waals surface area contributed by atoms with Gasteiger partial charge in [-0.2, -0.15) is 0 Å². The summed E-state index contributed by atoms with van der Waals surface area (Å²) in [5.74, 6) is -0.143. The van der Waals surface area contributed by atoms with Crippen molar-refractivity contribution in [2.75, 3.05) is 6.54 Å².